The van der Waals surface area contributed by atoms with E-state index in [1.165, 1.54) is 6.92 Å². The minimum absolute atomic E-state index is 0.221. The van der Waals surface area contributed by atoms with E-state index in [9.17, 15) is 9.18 Å². The predicted octanol–water partition coefficient (Wildman–Crippen LogP) is 1.22. The lowest BCUT2D eigenvalue weighted by Gasteiger charge is -2.36. The minimum Gasteiger partial charge on any atom is -0.385 e. The third-order valence-electron chi connectivity index (χ3n) is 4.14. The lowest BCUT2D eigenvalue weighted by Crippen LogP contribution is -2.47. The van der Waals surface area contributed by atoms with Gasteiger partial charge in [-0.2, -0.15) is 4.39 Å². The number of aromatic nitrogens is 1. The van der Waals surface area contributed by atoms with Crippen molar-refractivity contribution in [3.8, 4) is 0 Å². The van der Waals surface area contributed by atoms with Crippen LogP contribution in [-0.2, 0) is 4.79 Å². The van der Waals surface area contributed by atoms with Crippen molar-refractivity contribution in [2.75, 3.05) is 57.0 Å². The normalized spacial score (nSPS) is 15.7. The topological polar surface area (TPSA) is 77.7 Å². The molecule has 0 bridgehead atoms. The fourth-order valence-electron chi connectivity index (χ4n) is 2.73. The first-order valence-electron chi connectivity index (χ1n) is 8.50. The summed E-state index contributed by atoms with van der Waals surface area (Å²) in [5.74, 6) is 0.0400. The Morgan fingerprint density at radius 3 is 2.58 bits per heavy atom. The standard InChI is InChI=1S/C18H27FN6O/c1-13(11-16(20)23(3)4)12-24-7-9-25(10-8-24)15-5-6-17(21-14(2)26)22-18(15)19/h5-6,11H,1,7-10,12,20H2,2-4H3,(H,21,22,26)/b16-11-. The third-order valence-corrected chi connectivity index (χ3v) is 4.14. The van der Waals surface area contributed by atoms with Gasteiger partial charge in [0.05, 0.1) is 11.5 Å². The summed E-state index contributed by atoms with van der Waals surface area (Å²) >= 11 is 0. The molecule has 1 fully saturated rings. The lowest BCUT2D eigenvalue weighted by molar-refractivity contribution is -0.114. The summed E-state index contributed by atoms with van der Waals surface area (Å²) in [4.78, 5) is 20.9. The second kappa shape index (κ2) is 8.66. The smallest absolute Gasteiger partial charge is 0.238 e. The molecular weight excluding hydrogens is 335 g/mol. The molecule has 26 heavy (non-hydrogen) atoms. The number of carbonyl (C=O) groups is 1. The van der Waals surface area contributed by atoms with Crippen LogP contribution in [0.2, 0.25) is 0 Å². The van der Waals surface area contributed by atoms with Gasteiger partial charge < -0.3 is 20.9 Å². The highest BCUT2D eigenvalue weighted by Gasteiger charge is 2.20. The van der Waals surface area contributed by atoms with Gasteiger partial charge in [-0.15, -0.1) is 0 Å². The van der Waals surface area contributed by atoms with E-state index in [1.807, 2.05) is 30.0 Å². The Kier molecular flexibility index (Phi) is 6.57. The van der Waals surface area contributed by atoms with Crippen LogP contribution in [-0.4, -0.2) is 67.5 Å². The molecule has 1 aliphatic rings. The molecule has 142 valence electrons. The van der Waals surface area contributed by atoms with Crippen LogP contribution in [0.25, 0.3) is 0 Å². The Morgan fingerprint density at radius 2 is 2.04 bits per heavy atom. The highest BCUT2D eigenvalue weighted by atomic mass is 19.1. The zero-order valence-corrected chi connectivity index (χ0v) is 15.6. The van der Waals surface area contributed by atoms with Crippen LogP contribution >= 0.6 is 0 Å². The van der Waals surface area contributed by atoms with Crippen LogP contribution in [0.1, 0.15) is 6.92 Å². The number of nitrogens with one attached hydrogen (secondary N) is 1. The molecule has 0 aromatic carbocycles. The Bertz CT molecular complexity index is 695. The third kappa shape index (κ3) is 5.45. The highest BCUT2D eigenvalue weighted by molar-refractivity contribution is 5.87. The molecule has 1 amide bonds. The Morgan fingerprint density at radius 1 is 1.38 bits per heavy atom. The maximum Gasteiger partial charge on any atom is 0.238 e. The van der Waals surface area contributed by atoms with E-state index in [0.29, 0.717) is 24.6 Å². The summed E-state index contributed by atoms with van der Waals surface area (Å²) < 4.78 is 14.3. The molecule has 1 aliphatic heterocycles. The molecular formula is C18H27FN6O. The van der Waals surface area contributed by atoms with Crippen molar-refractivity contribution in [2.45, 2.75) is 6.92 Å². The van der Waals surface area contributed by atoms with Gasteiger partial charge in [0.25, 0.3) is 0 Å². The summed E-state index contributed by atoms with van der Waals surface area (Å²) in [5.41, 5.74) is 7.30. The first-order chi connectivity index (χ1) is 12.3. The number of halogens is 1. The fourth-order valence-corrected chi connectivity index (χ4v) is 2.73. The molecule has 1 aromatic heterocycles. The largest absolute Gasteiger partial charge is 0.385 e. The number of hydrogen-bond donors (Lipinski definition) is 2. The quantitative estimate of drug-likeness (QED) is 0.585. The van der Waals surface area contributed by atoms with E-state index < -0.39 is 5.95 Å². The van der Waals surface area contributed by atoms with Gasteiger partial charge in [-0.25, -0.2) is 4.98 Å². The zero-order chi connectivity index (χ0) is 19.3. The molecule has 0 aliphatic carbocycles. The minimum atomic E-state index is -0.573. The van der Waals surface area contributed by atoms with E-state index in [0.717, 1.165) is 25.2 Å². The van der Waals surface area contributed by atoms with Crippen molar-refractivity contribution in [1.82, 2.24) is 14.8 Å². The van der Waals surface area contributed by atoms with E-state index in [2.05, 4.69) is 21.8 Å². The summed E-state index contributed by atoms with van der Waals surface area (Å²) in [7, 11) is 3.77. The van der Waals surface area contributed by atoms with Crippen LogP contribution in [0.3, 0.4) is 0 Å². The SMILES string of the molecule is C=C(/C=C(/N)N(C)C)CN1CCN(c2ccc(NC(C)=O)nc2F)CC1. The van der Waals surface area contributed by atoms with Crippen LogP contribution in [0.15, 0.2) is 36.2 Å². The van der Waals surface area contributed by atoms with E-state index in [-0.39, 0.29) is 11.7 Å². The molecule has 1 aromatic rings. The van der Waals surface area contributed by atoms with Crippen molar-refractivity contribution in [2.24, 2.45) is 5.73 Å². The summed E-state index contributed by atoms with van der Waals surface area (Å²) in [6.07, 6.45) is 1.87. The number of anilines is 2. The number of piperazine rings is 1. The second-order valence-corrected chi connectivity index (χ2v) is 6.57. The summed E-state index contributed by atoms with van der Waals surface area (Å²) in [6, 6.07) is 3.27. The molecule has 0 atom stereocenters. The number of carbonyl (C=O) groups excluding carboxylic acids is 1. The number of hydrogen-bond acceptors (Lipinski definition) is 6. The molecule has 0 radical (unpaired) electrons. The molecule has 7 nitrogen and oxygen atoms in total. The number of amides is 1. The molecule has 0 saturated carbocycles. The van der Waals surface area contributed by atoms with E-state index in [4.69, 9.17) is 5.73 Å². The first-order valence-corrected chi connectivity index (χ1v) is 8.50. The fraction of sp³-hybridized carbons (Fsp3) is 0.444. The molecule has 1 saturated heterocycles. The van der Waals surface area contributed by atoms with Gasteiger partial charge in [0.15, 0.2) is 0 Å². The van der Waals surface area contributed by atoms with Crippen LogP contribution < -0.4 is 16.0 Å². The lowest BCUT2D eigenvalue weighted by atomic mass is 10.2. The molecule has 8 heteroatoms. The van der Waals surface area contributed by atoms with Gasteiger partial charge >= 0.3 is 0 Å². The Hall–Kier alpha value is -2.61. The second-order valence-electron chi connectivity index (χ2n) is 6.57. The van der Waals surface area contributed by atoms with Gasteiger partial charge in [0.1, 0.15) is 5.82 Å². The number of pyridine rings is 1. The van der Waals surface area contributed by atoms with Crippen molar-refractivity contribution < 1.29 is 9.18 Å². The monoisotopic (exact) mass is 362 g/mol. The molecule has 2 heterocycles. The number of rotatable bonds is 6. The maximum absolute atomic E-state index is 14.3. The van der Waals surface area contributed by atoms with Crippen LogP contribution in [0, 0.1) is 5.95 Å². The Labute approximate surface area is 154 Å². The van der Waals surface area contributed by atoms with E-state index in [1.54, 1.807) is 12.1 Å². The van der Waals surface area contributed by atoms with Gasteiger partial charge in [-0.05, 0) is 23.8 Å². The number of nitrogens with two attached hydrogens (primary N) is 1. The summed E-state index contributed by atoms with van der Waals surface area (Å²) in [6.45, 7) is 9.11. The van der Waals surface area contributed by atoms with E-state index >= 15 is 0 Å². The van der Waals surface area contributed by atoms with Crippen molar-refractivity contribution >= 4 is 17.4 Å². The van der Waals surface area contributed by atoms with Crippen LogP contribution in [0.4, 0.5) is 15.9 Å². The molecule has 0 unspecified atom stereocenters. The molecule has 3 N–H and O–H groups in total. The first kappa shape index (κ1) is 19.7. The summed E-state index contributed by atoms with van der Waals surface area (Å²) in [5, 5.41) is 2.48. The Balaban J connectivity index is 1.91. The molecule has 2 rings (SSSR count). The highest BCUT2D eigenvalue weighted by Crippen LogP contribution is 2.21. The van der Waals surface area contributed by atoms with Crippen molar-refractivity contribution in [3.63, 3.8) is 0 Å². The number of nitrogens with zero attached hydrogens (tertiary/aromatic N) is 4. The maximum atomic E-state index is 14.3. The van der Waals surface area contributed by atoms with Crippen LogP contribution in [0.5, 0.6) is 0 Å². The predicted molar refractivity (Wildman–Crippen MR) is 102 cm³/mol. The van der Waals surface area contributed by atoms with Crippen molar-refractivity contribution in [1.29, 1.82) is 0 Å². The average Bonchev–Trinajstić information content (AvgIpc) is 2.55. The van der Waals surface area contributed by atoms with Gasteiger partial charge in [-0.1, -0.05) is 6.58 Å². The van der Waals surface area contributed by atoms with Gasteiger partial charge in [-0.3, -0.25) is 9.69 Å². The zero-order valence-electron chi connectivity index (χ0n) is 15.6. The molecule has 0 spiro atoms. The van der Waals surface area contributed by atoms with Gasteiger partial charge in [0.2, 0.25) is 11.9 Å². The van der Waals surface area contributed by atoms with Gasteiger partial charge in [0, 0.05) is 53.7 Å². The van der Waals surface area contributed by atoms with Crippen molar-refractivity contribution in [3.05, 3.63) is 42.1 Å². The average molecular weight is 362 g/mol.